The second kappa shape index (κ2) is 20.1. The van der Waals surface area contributed by atoms with Crippen molar-refractivity contribution in [1.82, 2.24) is 39.1 Å². The Kier molecular flexibility index (Phi) is 14.2. The molecule has 0 radical (unpaired) electrons. The number of fused-ring (bicyclic) bond motifs is 1. The van der Waals surface area contributed by atoms with Crippen LogP contribution < -0.4 is 16.0 Å². The number of aryl methyl sites for hydroxylation is 1. The number of nitrogens with two attached hydrogens (primary N) is 1. The number of halogens is 2. The van der Waals surface area contributed by atoms with Crippen molar-refractivity contribution < 1.29 is 27.5 Å². The summed E-state index contributed by atoms with van der Waals surface area (Å²) in [5.74, 6) is 0.956. The highest BCUT2D eigenvalue weighted by Gasteiger charge is 2.39. The van der Waals surface area contributed by atoms with Crippen LogP contribution in [0.2, 0.25) is 10.0 Å². The molecule has 9 rings (SSSR count). The molecule has 0 spiro atoms. The van der Waals surface area contributed by atoms with Crippen LogP contribution in [-0.4, -0.2) is 142 Å². The number of urea groups is 1. The number of amides is 4. The number of piperazine rings is 1. The van der Waals surface area contributed by atoms with Gasteiger partial charge in [-0.3, -0.25) is 39.3 Å². The predicted molar refractivity (Wildman–Crippen MR) is 262 cm³/mol. The van der Waals surface area contributed by atoms with Crippen molar-refractivity contribution in [3.63, 3.8) is 0 Å². The number of aromatic nitrogens is 3. The minimum absolute atomic E-state index is 0.0467. The predicted octanol–water partition coefficient (Wildman–Crippen LogP) is 5.64. The van der Waals surface area contributed by atoms with Gasteiger partial charge in [0.05, 0.1) is 33.1 Å². The molecule has 3 aromatic rings. The second-order valence-corrected chi connectivity index (χ2v) is 21.7. The molecule has 68 heavy (non-hydrogen) atoms. The highest BCUT2D eigenvalue weighted by atomic mass is 35.5. The van der Waals surface area contributed by atoms with Crippen molar-refractivity contribution in [1.29, 1.82) is 5.41 Å². The Hall–Kier alpha value is -5.11. The third kappa shape index (κ3) is 9.99. The standard InChI is InChI=1S/C48H59Cl2N11O6S/c1-30(45-39(49)27-53-28-40(45)50)67-35-8-10-41(51)38(26-35)46(52)32-3-6-34(7-4-32)58-21-23-60(24-22-58)68(65,66)36-13-18-59(19-14-36)44(63)29-57-16-11-31(12-17-57)33-5-9-37-42(25-33)56(2)55-47(37)61-20-15-43(62)54-48(61)64/h3-6,8-10,25,27-28,30-31,34,36,38,52H,7,11-24,26,29,51H2,1-2H3,(H,54,62,64)/t30-,34?,38?/m1/s1. The number of allylic oxidation sites excluding steroid dienone is 6. The van der Waals surface area contributed by atoms with Crippen molar-refractivity contribution in [3.05, 3.63) is 99.2 Å². The SMILES string of the molecule is C[C@@H](OC1=CC=C(N)C(C(=N)C2=CCC(N3CCN(S(=O)(=O)C4CCN(C(=O)CN5CCC(c6ccc7c(N8CCC(=O)NC8=O)nn(C)c7c6)CC5)CC4)CC3)C=C2)C1)c1c(Cl)cncc1Cl. The zero-order valence-corrected chi connectivity index (χ0v) is 40.8. The van der Waals surface area contributed by atoms with Gasteiger partial charge >= 0.3 is 6.03 Å². The molecular formula is C48H59Cl2N11O6S. The monoisotopic (exact) mass is 987 g/mol. The lowest BCUT2D eigenvalue weighted by molar-refractivity contribution is -0.133. The zero-order valence-electron chi connectivity index (χ0n) is 38.4. The number of pyridine rings is 1. The lowest BCUT2D eigenvalue weighted by Gasteiger charge is -2.41. The van der Waals surface area contributed by atoms with Gasteiger partial charge in [0.25, 0.3) is 0 Å². The number of carbonyl (C=O) groups excluding carboxylic acids is 3. The van der Waals surface area contributed by atoms with Crippen LogP contribution in [0.25, 0.3) is 10.9 Å². The third-order valence-corrected chi connectivity index (χ3v) is 17.5. The van der Waals surface area contributed by atoms with Crippen molar-refractivity contribution in [2.75, 3.05) is 70.3 Å². The number of hydrogen-bond acceptors (Lipinski definition) is 12. The highest BCUT2D eigenvalue weighted by Crippen LogP contribution is 2.37. The Morgan fingerprint density at radius 3 is 2.38 bits per heavy atom. The molecule has 0 bridgehead atoms. The molecule has 2 aromatic heterocycles. The van der Waals surface area contributed by atoms with Crippen LogP contribution in [0.15, 0.2) is 78.0 Å². The Labute approximate surface area is 407 Å². The summed E-state index contributed by atoms with van der Waals surface area (Å²) in [5, 5.41) is 17.3. The summed E-state index contributed by atoms with van der Waals surface area (Å²) in [7, 11) is -1.67. The number of nitrogens with one attached hydrogen (secondary N) is 2. The van der Waals surface area contributed by atoms with Crippen LogP contribution >= 0.6 is 23.2 Å². The van der Waals surface area contributed by atoms with Gasteiger partial charge in [-0.15, -0.1) is 0 Å². The van der Waals surface area contributed by atoms with E-state index in [1.54, 1.807) is 15.1 Å². The molecule has 6 aliphatic rings. The first-order valence-electron chi connectivity index (χ1n) is 23.5. The quantitative estimate of drug-likeness (QED) is 0.190. The molecule has 4 saturated heterocycles. The maximum atomic E-state index is 13.9. The summed E-state index contributed by atoms with van der Waals surface area (Å²) in [6.07, 6.45) is 16.4. The first-order chi connectivity index (χ1) is 32.6. The molecule has 6 heterocycles. The fourth-order valence-corrected chi connectivity index (χ4v) is 13.1. The van der Waals surface area contributed by atoms with Crippen LogP contribution in [0.1, 0.15) is 75.0 Å². The topological polar surface area (TPSA) is 203 Å². The maximum Gasteiger partial charge on any atom is 0.329 e. The fourth-order valence-electron chi connectivity index (χ4n) is 10.5. The Balaban J connectivity index is 0.697. The van der Waals surface area contributed by atoms with E-state index >= 15 is 0 Å². The highest BCUT2D eigenvalue weighted by molar-refractivity contribution is 7.89. The molecule has 4 N–H and O–H groups in total. The van der Waals surface area contributed by atoms with Crippen LogP contribution in [-0.2, 0) is 31.4 Å². The molecule has 362 valence electrons. The van der Waals surface area contributed by atoms with Gasteiger partial charge < -0.3 is 20.8 Å². The summed E-state index contributed by atoms with van der Waals surface area (Å²) in [5.41, 5.74) is 11.0. The lowest BCUT2D eigenvalue weighted by Crippen LogP contribution is -2.55. The molecule has 2 aliphatic carbocycles. The van der Waals surface area contributed by atoms with E-state index in [4.69, 9.17) is 39.1 Å². The molecule has 4 amide bonds. The van der Waals surface area contributed by atoms with Gasteiger partial charge in [-0.05, 0) is 93.5 Å². The number of benzene rings is 1. The minimum atomic E-state index is -3.53. The van der Waals surface area contributed by atoms with E-state index in [0.29, 0.717) is 116 Å². The normalized spacial score (nSPS) is 23.6. The van der Waals surface area contributed by atoms with Crippen LogP contribution in [0.4, 0.5) is 10.6 Å². The number of imide groups is 1. The molecule has 1 aromatic carbocycles. The molecule has 0 saturated carbocycles. The van der Waals surface area contributed by atoms with E-state index in [9.17, 15) is 22.8 Å². The van der Waals surface area contributed by atoms with E-state index in [0.717, 1.165) is 42.4 Å². The summed E-state index contributed by atoms with van der Waals surface area (Å²) in [6, 6.07) is 5.88. The van der Waals surface area contributed by atoms with E-state index in [1.807, 2.05) is 37.1 Å². The first kappa shape index (κ1) is 47.9. The number of rotatable bonds is 12. The molecule has 3 atom stereocenters. The molecule has 2 unspecified atom stereocenters. The summed E-state index contributed by atoms with van der Waals surface area (Å²) < 4.78 is 37.5. The number of hydrogen-bond donors (Lipinski definition) is 3. The number of nitrogens with zero attached hydrogens (tertiary/aromatic N) is 8. The van der Waals surface area contributed by atoms with Crippen molar-refractivity contribution in [2.45, 2.75) is 75.2 Å². The zero-order chi connectivity index (χ0) is 47.9. The van der Waals surface area contributed by atoms with Gasteiger partial charge in [0.1, 0.15) is 6.10 Å². The largest absolute Gasteiger partial charge is 0.490 e. The van der Waals surface area contributed by atoms with Gasteiger partial charge in [-0.1, -0.05) is 47.5 Å². The average molecular weight is 989 g/mol. The van der Waals surface area contributed by atoms with E-state index in [-0.39, 0.29) is 36.7 Å². The summed E-state index contributed by atoms with van der Waals surface area (Å²) in [4.78, 5) is 49.6. The summed E-state index contributed by atoms with van der Waals surface area (Å²) in [6.45, 7) is 6.95. The Bertz CT molecular complexity index is 2690. The fraction of sp³-hybridized carbons (Fsp3) is 0.500. The lowest BCUT2D eigenvalue weighted by atomic mass is 9.85. The van der Waals surface area contributed by atoms with Gasteiger partial charge in [-0.2, -0.15) is 9.40 Å². The van der Waals surface area contributed by atoms with Crippen molar-refractivity contribution in [2.24, 2.45) is 18.7 Å². The molecule has 4 fully saturated rings. The van der Waals surface area contributed by atoms with Gasteiger partial charge in [-0.25, -0.2) is 13.2 Å². The second-order valence-electron chi connectivity index (χ2n) is 18.7. The van der Waals surface area contributed by atoms with Crippen LogP contribution in [0, 0.1) is 11.3 Å². The van der Waals surface area contributed by atoms with Gasteiger partial charge in [0, 0.05) is 112 Å². The van der Waals surface area contributed by atoms with Crippen molar-refractivity contribution in [3.8, 4) is 0 Å². The Morgan fingerprint density at radius 1 is 0.985 bits per heavy atom. The van der Waals surface area contributed by atoms with Gasteiger partial charge in [0.15, 0.2) is 5.82 Å². The third-order valence-electron chi connectivity index (χ3n) is 14.5. The molecule has 20 heteroatoms. The number of likely N-dealkylation sites (tertiary alicyclic amines) is 2. The molecule has 17 nitrogen and oxygen atoms in total. The minimum Gasteiger partial charge on any atom is -0.490 e. The van der Waals surface area contributed by atoms with Crippen molar-refractivity contribution >= 4 is 73.5 Å². The maximum absolute atomic E-state index is 13.9. The average Bonchev–Trinajstić information content (AvgIpc) is 3.66. The van der Waals surface area contributed by atoms with E-state index < -0.39 is 27.4 Å². The summed E-state index contributed by atoms with van der Waals surface area (Å²) >= 11 is 12.7. The van der Waals surface area contributed by atoms with E-state index in [1.165, 1.54) is 22.9 Å². The van der Waals surface area contributed by atoms with Crippen LogP contribution in [0.5, 0.6) is 0 Å². The van der Waals surface area contributed by atoms with E-state index in [2.05, 4.69) is 49.5 Å². The number of anilines is 1. The number of sulfonamides is 1. The molecular weight excluding hydrogens is 930 g/mol. The number of ether oxygens (including phenoxy) is 1. The molecule has 4 aliphatic heterocycles. The Morgan fingerprint density at radius 2 is 1.71 bits per heavy atom. The smallest absolute Gasteiger partial charge is 0.329 e. The van der Waals surface area contributed by atoms with Crippen LogP contribution in [0.3, 0.4) is 0 Å². The first-order valence-corrected chi connectivity index (χ1v) is 25.8. The number of carbonyl (C=O) groups is 3. The number of piperidine rings is 2. The van der Waals surface area contributed by atoms with Gasteiger partial charge in [0.2, 0.25) is 21.8 Å².